The van der Waals surface area contributed by atoms with Crippen molar-refractivity contribution in [1.29, 1.82) is 0 Å². The minimum Gasteiger partial charge on any atom is -0.383 e. The molecule has 0 spiro atoms. The summed E-state index contributed by atoms with van der Waals surface area (Å²) in [7, 11) is 1.78. The first-order valence-electron chi connectivity index (χ1n) is 7.42. The molecule has 0 bridgehead atoms. The largest absolute Gasteiger partial charge is 0.383 e. The number of ether oxygens (including phenoxy) is 2. The van der Waals surface area contributed by atoms with E-state index in [9.17, 15) is 0 Å². The zero-order chi connectivity index (χ0) is 12.6. The van der Waals surface area contributed by atoms with Gasteiger partial charge in [0.25, 0.3) is 0 Å². The van der Waals surface area contributed by atoms with Crippen LogP contribution in [0.1, 0.15) is 25.7 Å². The van der Waals surface area contributed by atoms with Crippen LogP contribution in [0, 0.1) is 5.92 Å². The Hall–Kier alpha value is 0.420. The average molecular weight is 329 g/mol. The van der Waals surface area contributed by atoms with Crippen molar-refractivity contribution in [3.05, 3.63) is 0 Å². The molecule has 2 aliphatic rings. The molecular formula is C14H30Cl2N2O2. The molecule has 1 unspecified atom stereocenters. The summed E-state index contributed by atoms with van der Waals surface area (Å²) in [6.45, 7) is 7.59. The Morgan fingerprint density at radius 3 is 2.50 bits per heavy atom. The van der Waals surface area contributed by atoms with Crippen molar-refractivity contribution in [2.24, 2.45) is 5.92 Å². The highest BCUT2D eigenvalue weighted by molar-refractivity contribution is 5.85. The SMILES string of the molecule is COCCN1CCC(CNCC2CCCO2)CC1.Cl.Cl. The van der Waals surface area contributed by atoms with E-state index >= 15 is 0 Å². The molecule has 0 aromatic rings. The lowest BCUT2D eigenvalue weighted by atomic mass is 9.97. The number of likely N-dealkylation sites (tertiary alicyclic amines) is 1. The number of hydrogen-bond acceptors (Lipinski definition) is 4. The molecule has 122 valence electrons. The second kappa shape index (κ2) is 12.0. The molecule has 2 rings (SSSR count). The molecule has 2 saturated heterocycles. The van der Waals surface area contributed by atoms with Gasteiger partial charge in [-0.05, 0) is 51.2 Å². The molecule has 0 aromatic heterocycles. The normalized spacial score (nSPS) is 24.1. The first kappa shape index (κ1) is 20.4. The van der Waals surface area contributed by atoms with E-state index in [0.29, 0.717) is 6.10 Å². The minimum absolute atomic E-state index is 0. The van der Waals surface area contributed by atoms with Crippen molar-refractivity contribution < 1.29 is 9.47 Å². The topological polar surface area (TPSA) is 33.7 Å². The summed E-state index contributed by atoms with van der Waals surface area (Å²) >= 11 is 0. The van der Waals surface area contributed by atoms with Crippen LogP contribution in [0.5, 0.6) is 0 Å². The first-order valence-corrected chi connectivity index (χ1v) is 7.42. The molecule has 2 heterocycles. The maximum absolute atomic E-state index is 5.62. The summed E-state index contributed by atoms with van der Waals surface area (Å²) in [5.41, 5.74) is 0. The third-order valence-corrected chi connectivity index (χ3v) is 4.15. The Labute approximate surface area is 135 Å². The van der Waals surface area contributed by atoms with Gasteiger partial charge in [-0.15, -0.1) is 24.8 Å². The molecule has 2 aliphatic heterocycles. The van der Waals surface area contributed by atoms with E-state index in [1.165, 1.54) is 38.8 Å². The Morgan fingerprint density at radius 2 is 1.90 bits per heavy atom. The molecule has 0 radical (unpaired) electrons. The number of rotatable bonds is 7. The van der Waals surface area contributed by atoms with Crippen molar-refractivity contribution in [3.8, 4) is 0 Å². The molecule has 0 amide bonds. The molecule has 2 fully saturated rings. The van der Waals surface area contributed by atoms with Crippen LogP contribution in [-0.4, -0.2) is 64.1 Å². The monoisotopic (exact) mass is 328 g/mol. The lowest BCUT2D eigenvalue weighted by molar-refractivity contribution is 0.103. The van der Waals surface area contributed by atoms with E-state index in [1.54, 1.807) is 7.11 Å². The van der Waals surface area contributed by atoms with E-state index < -0.39 is 0 Å². The van der Waals surface area contributed by atoms with Gasteiger partial charge in [-0.25, -0.2) is 0 Å². The Kier molecular flexibility index (Phi) is 12.3. The predicted octanol–water partition coefficient (Wildman–Crippen LogP) is 1.96. The van der Waals surface area contributed by atoms with Crippen LogP contribution in [0.2, 0.25) is 0 Å². The van der Waals surface area contributed by atoms with Crippen molar-refractivity contribution in [2.45, 2.75) is 31.8 Å². The van der Waals surface area contributed by atoms with Gasteiger partial charge in [0, 0.05) is 26.8 Å². The maximum Gasteiger partial charge on any atom is 0.0700 e. The molecule has 1 N–H and O–H groups in total. The van der Waals surface area contributed by atoms with Crippen LogP contribution in [0.3, 0.4) is 0 Å². The van der Waals surface area contributed by atoms with E-state index in [2.05, 4.69) is 10.2 Å². The third kappa shape index (κ3) is 7.43. The smallest absolute Gasteiger partial charge is 0.0700 e. The lowest BCUT2D eigenvalue weighted by Gasteiger charge is -2.32. The molecule has 4 nitrogen and oxygen atoms in total. The maximum atomic E-state index is 5.62. The standard InChI is InChI=1S/C14H28N2O2.2ClH/c1-17-10-8-16-6-4-13(5-7-16)11-15-12-14-3-2-9-18-14;;/h13-15H,2-12H2,1H3;2*1H. The van der Waals surface area contributed by atoms with E-state index in [0.717, 1.165) is 38.8 Å². The number of nitrogens with one attached hydrogen (secondary N) is 1. The zero-order valence-corrected chi connectivity index (χ0v) is 14.1. The van der Waals surface area contributed by atoms with Gasteiger partial charge in [-0.1, -0.05) is 0 Å². The van der Waals surface area contributed by atoms with Gasteiger partial charge in [0.1, 0.15) is 0 Å². The molecule has 0 saturated carbocycles. The van der Waals surface area contributed by atoms with Gasteiger partial charge in [0.15, 0.2) is 0 Å². The quantitative estimate of drug-likeness (QED) is 0.774. The summed E-state index contributed by atoms with van der Waals surface area (Å²) in [6, 6.07) is 0. The Balaban J connectivity index is 0.00000180. The van der Waals surface area contributed by atoms with Gasteiger partial charge in [-0.3, -0.25) is 0 Å². The number of hydrogen-bond donors (Lipinski definition) is 1. The van der Waals surface area contributed by atoms with E-state index in [4.69, 9.17) is 9.47 Å². The van der Waals surface area contributed by atoms with Crippen molar-refractivity contribution in [3.63, 3.8) is 0 Å². The van der Waals surface area contributed by atoms with Crippen molar-refractivity contribution >= 4 is 24.8 Å². The van der Waals surface area contributed by atoms with Gasteiger partial charge in [-0.2, -0.15) is 0 Å². The number of methoxy groups -OCH3 is 1. The van der Waals surface area contributed by atoms with E-state index in [1.807, 2.05) is 0 Å². The van der Waals surface area contributed by atoms with Gasteiger partial charge in [0.2, 0.25) is 0 Å². The molecule has 6 heteroatoms. The molecule has 20 heavy (non-hydrogen) atoms. The van der Waals surface area contributed by atoms with Crippen LogP contribution in [0.4, 0.5) is 0 Å². The second-order valence-corrected chi connectivity index (χ2v) is 5.57. The summed E-state index contributed by atoms with van der Waals surface area (Å²) in [6.07, 6.45) is 5.60. The number of nitrogens with zero attached hydrogens (tertiary/aromatic N) is 1. The van der Waals surface area contributed by atoms with Gasteiger partial charge < -0.3 is 19.7 Å². The second-order valence-electron chi connectivity index (χ2n) is 5.57. The predicted molar refractivity (Wildman–Crippen MR) is 87.4 cm³/mol. The van der Waals surface area contributed by atoms with Crippen LogP contribution < -0.4 is 5.32 Å². The summed E-state index contributed by atoms with van der Waals surface area (Å²) in [4.78, 5) is 2.51. The fourth-order valence-electron chi connectivity index (χ4n) is 2.89. The molecule has 1 atom stereocenters. The van der Waals surface area contributed by atoms with Crippen molar-refractivity contribution in [2.75, 3.05) is 53.0 Å². The van der Waals surface area contributed by atoms with Crippen molar-refractivity contribution in [1.82, 2.24) is 10.2 Å². The van der Waals surface area contributed by atoms with Gasteiger partial charge in [0.05, 0.1) is 12.7 Å². The average Bonchev–Trinajstić information content (AvgIpc) is 2.91. The number of halogens is 2. The highest BCUT2D eigenvalue weighted by Gasteiger charge is 2.20. The zero-order valence-electron chi connectivity index (χ0n) is 12.5. The van der Waals surface area contributed by atoms with E-state index in [-0.39, 0.29) is 24.8 Å². The van der Waals surface area contributed by atoms with Crippen LogP contribution in [0.25, 0.3) is 0 Å². The first-order chi connectivity index (χ1) is 8.88. The summed E-state index contributed by atoms with van der Waals surface area (Å²) < 4.78 is 10.7. The van der Waals surface area contributed by atoms with Crippen LogP contribution in [-0.2, 0) is 9.47 Å². The minimum atomic E-state index is 0. The summed E-state index contributed by atoms with van der Waals surface area (Å²) in [5, 5.41) is 3.59. The number of piperidine rings is 1. The van der Waals surface area contributed by atoms with Gasteiger partial charge >= 0.3 is 0 Å². The van der Waals surface area contributed by atoms with Crippen LogP contribution in [0.15, 0.2) is 0 Å². The Morgan fingerprint density at radius 1 is 1.15 bits per heavy atom. The Bertz CT molecular complexity index is 221. The summed E-state index contributed by atoms with van der Waals surface area (Å²) in [5.74, 6) is 0.852. The fraction of sp³-hybridized carbons (Fsp3) is 1.00. The third-order valence-electron chi connectivity index (χ3n) is 4.15. The lowest BCUT2D eigenvalue weighted by Crippen LogP contribution is -2.39. The highest BCUT2D eigenvalue weighted by Crippen LogP contribution is 2.16. The molecular weight excluding hydrogens is 299 g/mol. The molecule has 0 aliphatic carbocycles. The van der Waals surface area contributed by atoms with Crippen LogP contribution >= 0.6 is 24.8 Å². The highest BCUT2D eigenvalue weighted by atomic mass is 35.5. The molecule has 0 aromatic carbocycles. The fourth-order valence-corrected chi connectivity index (χ4v) is 2.89.